The third kappa shape index (κ3) is 4.57. The van der Waals surface area contributed by atoms with Gasteiger partial charge in [-0.1, -0.05) is 55.5 Å². The lowest BCUT2D eigenvalue weighted by atomic mass is 9.91. The molecule has 5 heteroatoms. The van der Waals surface area contributed by atoms with Gasteiger partial charge in [0.1, 0.15) is 19.3 Å². The molecule has 0 heterocycles. The molecule has 0 radical (unpaired) electrons. The normalized spacial score (nSPS) is 12.7. The number of ether oxygens (including phenoxy) is 2. The summed E-state index contributed by atoms with van der Waals surface area (Å²) >= 11 is 0. The van der Waals surface area contributed by atoms with Crippen LogP contribution in [0, 0.1) is 5.41 Å². The molecule has 1 N–H and O–H groups in total. The first-order valence-corrected chi connectivity index (χ1v) is 9.76. The zero-order valence-corrected chi connectivity index (χ0v) is 17.0. The lowest BCUT2D eigenvalue weighted by Gasteiger charge is -2.21. The van der Waals surface area contributed by atoms with Gasteiger partial charge in [-0.3, -0.25) is 4.79 Å². The fourth-order valence-electron chi connectivity index (χ4n) is 3.04. The van der Waals surface area contributed by atoms with Crippen LogP contribution in [0.3, 0.4) is 0 Å². The molecule has 152 valence electrons. The Morgan fingerprint density at radius 2 is 1.45 bits per heavy atom. The van der Waals surface area contributed by atoms with Crippen LogP contribution in [0.1, 0.15) is 37.6 Å². The van der Waals surface area contributed by atoms with E-state index in [1.807, 2.05) is 61.5 Å². The van der Waals surface area contributed by atoms with Crippen LogP contribution in [-0.4, -0.2) is 36.4 Å². The van der Waals surface area contributed by atoms with Crippen LogP contribution >= 0.6 is 0 Å². The Labute approximate surface area is 170 Å². The Hall–Kier alpha value is -2.92. The van der Waals surface area contributed by atoms with E-state index in [9.17, 15) is 14.7 Å². The van der Waals surface area contributed by atoms with Crippen molar-refractivity contribution in [1.82, 2.24) is 0 Å². The zero-order valence-electron chi connectivity index (χ0n) is 17.0. The van der Waals surface area contributed by atoms with Crippen LogP contribution in [0.25, 0.3) is 21.5 Å². The van der Waals surface area contributed by atoms with Crippen molar-refractivity contribution in [3.05, 3.63) is 60.2 Å². The second kappa shape index (κ2) is 8.62. The van der Waals surface area contributed by atoms with E-state index in [0.29, 0.717) is 12.0 Å². The minimum atomic E-state index is -1.09. The van der Waals surface area contributed by atoms with E-state index in [1.165, 1.54) is 0 Å². The third-order valence-corrected chi connectivity index (χ3v) is 5.23. The summed E-state index contributed by atoms with van der Waals surface area (Å²) < 4.78 is 10.5. The summed E-state index contributed by atoms with van der Waals surface area (Å²) in [5.74, 6) is -0.900. The summed E-state index contributed by atoms with van der Waals surface area (Å²) in [6, 6.07) is 17.3. The van der Waals surface area contributed by atoms with Crippen molar-refractivity contribution < 1.29 is 24.2 Å². The molecule has 0 aliphatic heterocycles. The SMILES string of the molecule is CCC(C)(C)C(=O)OCC(O)COC(=O)c1c2ccccc2cc2ccccc12. The first kappa shape index (κ1) is 20.8. The highest BCUT2D eigenvalue weighted by Gasteiger charge is 2.28. The summed E-state index contributed by atoms with van der Waals surface area (Å²) in [7, 11) is 0. The molecule has 3 aromatic rings. The maximum absolute atomic E-state index is 12.9. The van der Waals surface area contributed by atoms with Gasteiger partial charge >= 0.3 is 11.9 Å². The molecule has 1 unspecified atom stereocenters. The van der Waals surface area contributed by atoms with E-state index in [1.54, 1.807) is 13.8 Å². The van der Waals surface area contributed by atoms with Gasteiger partial charge in [0.05, 0.1) is 11.0 Å². The van der Waals surface area contributed by atoms with Crippen LogP contribution in [0.5, 0.6) is 0 Å². The number of aliphatic hydroxyl groups is 1. The maximum atomic E-state index is 12.9. The molecule has 3 aromatic carbocycles. The molecule has 0 aromatic heterocycles. The molecule has 5 nitrogen and oxygen atoms in total. The van der Waals surface area contributed by atoms with E-state index in [-0.39, 0.29) is 19.2 Å². The Balaban J connectivity index is 1.74. The molecule has 29 heavy (non-hydrogen) atoms. The number of carbonyl (C=O) groups excluding carboxylic acids is 2. The molecule has 0 saturated carbocycles. The number of hydrogen-bond acceptors (Lipinski definition) is 5. The molecular weight excluding hydrogens is 368 g/mol. The van der Waals surface area contributed by atoms with Crippen molar-refractivity contribution in [2.45, 2.75) is 33.3 Å². The van der Waals surface area contributed by atoms with Crippen molar-refractivity contribution >= 4 is 33.5 Å². The van der Waals surface area contributed by atoms with Gasteiger partial charge in [0, 0.05) is 0 Å². The van der Waals surface area contributed by atoms with Crippen molar-refractivity contribution in [1.29, 1.82) is 0 Å². The second-order valence-corrected chi connectivity index (χ2v) is 7.78. The van der Waals surface area contributed by atoms with E-state index < -0.39 is 17.5 Å². The van der Waals surface area contributed by atoms with Gasteiger partial charge in [-0.25, -0.2) is 4.79 Å². The van der Waals surface area contributed by atoms with Gasteiger partial charge < -0.3 is 14.6 Å². The first-order chi connectivity index (χ1) is 13.8. The van der Waals surface area contributed by atoms with E-state index >= 15 is 0 Å². The van der Waals surface area contributed by atoms with Crippen LogP contribution in [0.4, 0.5) is 0 Å². The zero-order chi connectivity index (χ0) is 21.0. The molecule has 0 bridgehead atoms. The topological polar surface area (TPSA) is 72.8 Å². The third-order valence-electron chi connectivity index (χ3n) is 5.23. The lowest BCUT2D eigenvalue weighted by Crippen LogP contribution is -2.31. The standard InChI is InChI=1S/C24H26O5/c1-4-24(2,3)23(27)29-15-18(25)14-28-22(26)21-19-11-7-5-9-16(19)13-17-10-6-8-12-20(17)21/h5-13,18,25H,4,14-15H2,1-3H3. The van der Waals surface area contributed by atoms with E-state index in [4.69, 9.17) is 9.47 Å². The fourth-order valence-corrected chi connectivity index (χ4v) is 3.04. The Morgan fingerprint density at radius 3 is 2.00 bits per heavy atom. The highest BCUT2D eigenvalue weighted by Crippen LogP contribution is 2.29. The van der Waals surface area contributed by atoms with Gasteiger partial charge in [-0.2, -0.15) is 0 Å². The number of fused-ring (bicyclic) bond motifs is 2. The predicted molar refractivity (Wildman–Crippen MR) is 113 cm³/mol. The Kier molecular flexibility index (Phi) is 6.18. The van der Waals surface area contributed by atoms with Crippen LogP contribution in [0.15, 0.2) is 54.6 Å². The van der Waals surface area contributed by atoms with Gasteiger partial charge in [0.15, 0.2) is 0 Å². The lowest BCUT2D eigenvalue weighted by molar-refractivity contribution is -0.157. The summed E-state index contributed by atoms with van der Waals surface area (Å²) in [4.78, 5) is 24.9. The molecular formula is C24H26O5. The molecule has 0 aliphatic carbocycles. The minimum absolute atomic E-state index is 0.216. The average Bonchev–Trinajstić information content (AvgIpc) is 2.73. The van der Waals surface area contributed by atoms with Gasteiger partial charge in [-0.15, -0.1) is 0 Å². The van der Waals surface area contributed by atoms with E-state index in [0.717, 1.165) is 21.5 Å². The summed E-state index contributed by atoms with van der Waals surface area (Å²) in [6.07, 6.45) is -0.456. The fraction of sp³-hybridized carbons (Fsp3) is 0.333. The van der Waals surface area contributed by atoms with Gasteiger partial charge in [-0.05, 0) is 47.9 Å². The second-order valence-electron chi connectivity index (χ2n) is 7.78. The predicted octanol–water partition coefficient (Wildman–Crippen LogP) is 4.49. The molecule has 3 rings (SSSR count). The van der Waals surface area contributed by atoms with E-state index in [2.05, 4.69) is 0 Å². The van der Waals surface area contributed by atoms with Gasteiger partial charge in [0.25, 0.3) is 0 Å². The first-order valence-electron chi connectivity index (χ1n) is 9.76. The molecule has 0 saturated heterocycles. The molecule has 0 amide bonds. The molecule has 1 atom stereocenters. The summed E-state index contributed by atoms with van der Waals surface area (Å²) in [5, 5.41) is 13.6. The average molecular weight is 394 g/mol. The summed E-state index contributed by atoms with van der Waals surface area (Å²) in [5.41, 5.74) is -0.145. The minimum Gasteiger partial charge on any atom is -0.462 e. The number of esters is 2. The number of carbonyl (C=O) groups is 2. The van der Waals surface area contributed by atoms with Gasteiger partial charge in [0.2, 0.25) is 0 Å². The highest BCUT2D eigenvalue weighted by molar-refractivity contribution is 6.16. The quantitative estimate of drug-likeness (QED) is 0.472. The monoisotopic (exact) mass is 394 g/mol. The number of rotatable bonds is 7. The molecule has 0 fully saturated rings. The van der Waals surface area contributed by atoms with Crippen LogP contribution < -0.4 is 0 Å². The van der Waals surface area contributed by atoms with Crippen LogP contribution in [0.2, 0.25) is 0 Å². The number of hydrogen-bond donors (Lipinski definition) is 1. The number of aliphatic hydroxyl groups excluding tert-OH is 1. The molecule has 0 aliphatic rings. The van der Waals surface area contributed by atoms with Crippen LogP contribution in [-0.2, 0) is 14.3 Å². The highest BCUT2D eigenvalue weighted by atomic mass is 16.6. The Bertz CT molecular complexity index is 984. The largest absolute Gasteiger partial charge is 0.462 e. The number of benzene rings is 3. The smallest absolute Gasteiger partial charge is 0.339 e. The van der Waals surface area contributed by atoms with Crippen molar-refractivity contribution in [2.75, 3.05) is 13.2 Å². The maximum Gasteiger partial charge on any atom is 0.339 e. The van der Waals surface area contributed by atoms with Crippen molar-refractivity contribution in [2.24, 2.45) is 5.41 Å². The summed E-state index contributed by atoms with van der Waals surface area (Å²) in [6.45, 7) is 5.00. The van der Waals surface area contributed by atoms with Crippen molar-refractivity contribution in [3.63, 3.8) is 0 Å². The Morgan fingerprint density at radius 1 is 0.931 bits per heavy atom. The van der Waals surface area contributed by atoms with Crippen molar-refractivity contribution in [3.8, 4) is 0 Å². The molecule has 0 spiro atoms.